The van der Waals surface area contributed by atoms with Crippen LogP contribution >= 0.6 is 0 Å². The summed E-state index contributed by atoms with van der Waals surface area (Å²) >= 11 is 0. The molecule has 1 aromatic carbocycles. The van der Waals surface area contributed by atoms with Gasteiger partial charge in [-0.15, -0.1) is 0 Å². The van der Waals surface area contributed by atoms with E-state index in [2.05, 4.69) is 22.1 Å². The highest BCUT2D eigenvalue weighted by Crippen LogP contribution is 2.26. The van der Waals surface area contributed by atoms with E-state index in [1.54, 1.807) is 0 Å². The molecule has 0 amide bonds. The van der Waals surface area contributed by atoms with E-state index in [0.29, 0.717) is 5.82 Å². The molecule has 0 fully saturated rings. The van der Waals surface area contributed by atoms with Gasteiger partial charge >= 0.3 is 5.97 Å². The van der Waals surface area contributed by atoms with Gasteiger partial charge in [0.1, 0.15) is 11.4 Å². The van der Waals surface area contributed by atoms with Gasteiger partial charge in [-0.05, 0) is 42.9 Å². The lowest BCUT2D eigenvalue weighted by Gasteiger charge is -2.16. The van der Waals surface area contributed by atoms with Crippen LogP contribution < -0.4 is 5.73 Å². The van der Waals surface area contributed by atoms with Crippen LogP contribution in [0.4, 0.5) is 5.82 Å². The molecule has 1 heterocycles. The van der Waals surface area contributed by atoms with Gasteiger partial charge in [0, 0.05) is 11.8 Å². The Morgan fingerprint density at radius 3 is 2.65 bits per heavy atom. The Balaban J connectivity index is 2.01. The summed E-state index contributed by atoms with van der Waals surface area (Å²) in [4.78, 5) is 19.1. The van der Waals surface area contributed by atoms with Crippen molar-refractivity contribution in [1.82, 2.24) is 9.97 Å². The first-order valence-electron chi connectivity index (χ1n) is 6.63. The second-order valence-corrected chi connectivity index (χ2v) is 4.99. The van der Waals surface area contributed by atoms with Crippen molar-refractivity contribution in [3.8, 4) is 11.4 Å². The van der Waals surface area contributed by atoms with Crippen molar-refractivity contribution < 1.29 is 9.90 Å². The summed E-state index contributed by atoms with van der Waals surface area (Å²) in [7, 11) is 0. The summed E-state index contributed by atoms with van der Waals surface area (Å²) in [5.74, 6) is -0.638. The highest BCUT2D eigenvalue weighted by Gasteiger charge is 2.14. The number of carbonyl (C=O) groups is 1. The quantitative estimate of drug-likeness (QED) is 0.873. The van der Waals surface area contributed by atoms with Crippen molar-refractivity contribution in [2.75, 3.05) is 5.73 Å². The van der Waals surface area contributed by atoms with Gasteiger partial charge in [-0.25, -0.2) is 14.8 Å². The van der Waals surface area contributed by atoms with Crippen molar-refractivity contribution in [3.05, 3.63) is 41.1 Å². The molecule has 0 spiro atoms. The van der Waals surface area contributed by atoms with Crippen molar-refractivity contribution in [2.24, 2.45) is 0 Å². The number of nitrogens with two attached hydrogens (primary N) is 1. The fraction of sp³-hybridized carbons (Fsp3) is 0.267. The van der Waals surface area contributed by atoms with E-state index in [0.717, 1.165) is 18.4 Å². The average molecular weight is 269 g/mol. The molecule has 0 radical (unpaired) electrons. The van der Waals surface area contributed by atoms with Gasteiger partial charge in [-0.2, -0.15) is 0 Å². The molecule has 1 aliphatic rings. The number of aryl methyl sites for hydroxylation is 2. The van der Waals surface area contributed by atoms with Gasteiger partial charge < -0.3 is 10.8 Å². The lowest BCUT2D eigenvalue weighted by molar-refractivity contribution is 0.0697. The van der Waals surface area contributed by atoms with E-state index in [1.165, 1.54) is 30.2 Å². The van der Waals surface area contributed by atoms with Crippen molar-refractivity contribution in [1.29, 1.82) is 0 Å². The number of benzene rings is 1. The molecule has 3 rings (SSSR count). The second kappa shape index (κ2) is 4.92. The Bertz CT molecular complexity index is 683. The molecule has 0 saturated heterocycles. The first-order valence-corrected chi connectivity index (χ1v) is 6.63. The molecule has 2 aromatic rings. The maximum absolute atomic E-state index is 10.9. The summed E-state index contributed by atoms with van der Waals surface area (Å²) < 4.78 is 0. The number of hydrogen-bond donors (Lipinski definition) is 2. The molecule has 0 bridgehead atoms. The molecule has 0 unspecified atom stereocenters. The molecule has 5 nitrogen and oxygen atoms in total. The van der Waals surface area contributed by atoms with Crippen LogP contribution in [-0.2, 0) is 12.8 Å². The van der Waals surface area contributed by atoms with Crippen LogP contribution in [0, 0.1) is 0 Å². The molecule has 1 aliphatic carbocycles. The molecule has 20 heavy (non-hydrogen) atoms. The standard InChI is InChI=1S/C15H15N3O2/c16-13-12(15(19)20)8-17-14(18-13)11-6-5-9-3-1-2-4-10(9)7-11/h5-8H,1-4H2,(H,19,20)(H2,16,17,18). The first kappa shape index (κ1) is 12.6. The lowest BCUT2D eigenvalue weighted by atomic mass is 9.90. The first-order chi connectivity index (χ1) is 9.65. The van der Waals surface area contributed by atoms with Crippen LogP contribution in [0.15, 0.2) is 24.4 Å². The van der Waals surface area contributed by atoms with Crippen LogP contribution in [0.1, 0.15) is 34.3 Å². The van der Waals surface area contributed by atoms with Crippen molar-refractivity contribution in [3.63, 3.8) is 0 Å². The van der Waals surface area contributed by atoms with Crippen molar-refractivity contribution >= 4 is 11.8 Å². The molecule has 0 saturated carbocycles. The van der Waals surface area contributed by atoms with Crippen LogP contribution in [0.2, 0.25) is 0 Å². The van der Waals surface area contributed by atoms with Crippen molar-refractivity contribution in [2.45, 2.75) is 25.7 Å². The zero-order chi connectivity index (χ0) is 14.1. The van der Waals surface area contributed by atoms with Crippen LogP contribution in [0.25, 0.3) is 11.4 Å². The molecular formula is C15H15N3O2. The smallest absolute Gasteiger partial charge is 0.341 e. The molecule has 5 heteroatoms. The van der Waals surface area contributed by atoms with Crippen LogP contribution in [0.3, 0.4) is 0 Å². The van der Waals surface area contributed by atoms with Gasteiger partial charge in [-0.1, -0.05) is 12.1 Å². The van der Waals surface area contributed by atoms with E-state index in [-0.39, 0.29) is 11.4 Å². The molecule has 3 N–H and O–H groups in total. The number of carboxylic acid groups (broad SMARTS) is 1. The summed E-state index contributed by atoms with van der Waals surface area (Å²) in [5, 5.41) is 8.93. The number of anilines is 1. The Kier molecular flexibility index (Phi) is 3.10. The zero-order valence-corrected chi connectivity index (χ0v) is 11.0. The summed E-state index contributed by atoms with van der Waals surface area (Å²) in [6.07, 6.45) is 5.91. The maximum atomic E-state index is 10.9. The number of hydrogen-bond acceptors (Lipinski definition) is 4. The molecule has 0 atom stereocenters. The highest BCUT2D eigenvalue weighted by atomic mass is 16.4. The SMILES string of the molecule is Nc1nc(-c2ccc3c(c2)CCCC3)ncc1C(=O)O. The summed E-state index contributed by atoms with van der Waals surface area (Å²) in [5.41, 5.74) is 9.20. The minimum atomic E-state index is -1.11. The largest absolute Gasteiger partial charge is 0.477 e. The predicted octanol–water partition coefficient (Wildman–Crippen LogP) is 2.30. The van der Waals surface area contributed by atoms with Gasteiger partial charge in [0.25, 0.3) is 0 Å². The Morgan fingerprint density at radius 2 is 1.95 bits per heavy atom. The van der Waals surface area contributed by atoms with E-state index >= 15 is 0 Å². The third-order valence-corrected chi connectivity index (χ3v) is 3.66. The topological polar surface area (TPSA) is 89.1 Å². The fourth-order valence-corrected chi connectivity index (χ4v) is 2.57. The second-order valence-electron chi connectivity index (χ2n) is 4.99. The maximum Gasteiger partial charge on any atom is 0.341 e. The Labute approximate surface area is 116 Å². The predicted molar refractivity (Wildman–Crippen MR) is 75.5 cm³/mol. The number of aromatic carboxylic acids is 1. The van der Waals surface area contributed by atoms with Gasteiger partial charge in [0.05, 0.1) is 0 Å². The summed E-state index contributed by atoms with van der Waals surface area (Å²) in [6, 6.07) is 6.16. The molecule has 102 valence electrons. The third kappa shape index (κ3) is 2.22. The molecule has 0 aliphatic heterocycles. The van der Waals surface area contributed by atoms with Gasteiger partial charge in [0.2, 0.25) is 0 Å². The third-order valence-electron chi connectivity index (χ3n) is 3.66. The van der Waals surface area contributed by atoms with E-state index in [1.807, 2.05) is 6.07 Å². The highest BCUT2D eigenvalue weighted by molar-refractivity contribution is 5.92. The Hall–Kier alpha value is -2.43. The molecular weight excluding hydrogens is 254 g/mol. The number of aromatic nitrogens is 2. The number of fused-ring (bicyclic) bond motifs is 1. The molecule has 1 aromatic heterocycles. The minimum absolute atomic E-state index is 0.000204. The zero-order valence-electron chi connectivity index (χ0n) is 11.0. The van der Waals surface area contributed by atoms with E-state index in [4.69, 9.17) is 10.8 Å². The van der Waals surface area contributed by atoms with Gasteiger partial charge in [-0.3, -0.25) is 0 Å². The summed E-state index contributed by atoms with van der Waals surface area (Å²) in [6.45, 7) is 0. The minimum Gasteiger partial charge on any atom is -0.477 e. The van der Waals surface area contributed by atoms with Crippen LogP contribution in [-0.4, -0.2) is 21.0 Å². The van der Waals surface area contributed by atoms with E-state index < -0.39 is 5.97 Å². The Morgan fingerprint density at radius 1 is 1.20 bits per heavy atom. The monoisotopic (exact) mass is 269 g/mol. The number of carboxylic acids is 1. The van der Waals surface area contributed by atoms with Crippen LogP contribution in [0.5, 0.6) is 0 Å². The number of nitrogen functional groups attached to an aromatic ring is 1. The normalized spacial score (nSPS) is 13.8. The fourth-order valence-electron chi connectivity index (χ4n) is 2.57. The average Bonchev–Trinajstić information content (AvgIpc) is 2.46. The van der Waals surface area contributed by atoms with Gasteiger partial charge in [0.15, 0.2) is 5.82 Å². The van der Waals surface area contributed by atoms with E-state index in [9.17, 15) is 4.79 Å². The number of nitrogens with zero attached hydrogens (tertiary/aromatic N) is 2. The number of rotatable bonds is 2. The lowest BCUT2D eigenvalue weighted by Crippen LogP contribution is -2.07.